The van der Waals surface area contributed by atoms with Gasteiger partial charge in [0, 0.05) is 0 Å². The van der Waals surface area contributed by atoms with E-state index < -0.39 is 0 Å². The van der Waals surface area contributed by atoms with Gasteiger partial charge in [-0.2, -0.15) is 0 Å². The Morgan fingerprint density at radius 1 is 1.07 bits per heavy atom. The van der Waals surface area contributed by atoms with Crippen molar-refractivity contribution >= 4 is 0 Å². The molecule has 0 N–H and O–H groups in total. The molecular weight excluding hydrogens is 168 g/mol. The molecule has 0 heterocycles. The lowest BCUT2D eigenvalue weighted by atomic mass is 9.81. The van der Waals surface area contributed by atoms with Gasteiger partial charge in [-0.15, -0.1) is 0 Å². The number of hydrogen-bond acceptors (Lipinski definition) is 0. The van der Waals surface area contributed by atoms with Crippen LogP contribution >= 0.6 is 0 Å². The van der Waals surface area contributed by atoms with Gasteiger partial charge in [-0.1, -0.05) is 67.2 Å². The van der Waals surface area contributed by atoms with Gasteiger partial charge in [0.05, 0.1) is 0 Å². The zero-order chi connectivity index (χ0) is 11.2. The number of hydrogen-bond donors (Lipinski definition) is 0. The highest BCUT2D eigenvalue weighted by Gasteiger charge is 2.16. The fourth-order valence-electron chi connectivity index (χ4n) is 2.03. The minimum absolute atomic E-state index is 0.565. The lowest BCUT2D eigenvalue weighted by Gasteiger charge is -2.25. The zero-order valence-corrected chi connectivity index (χ0v) is 11.2. The van der Waals surface area contributed by atoms with Crippen LogP contribution in [0.2, 0.25) is 0 Å². The van der Waals surface area contributed by atoms with Crippen LogP contribution in [0, 0.1) is 17.3 Å². The summed E-state index contributed by atoms with van der Waals surface area (Å²) in [5.41, 5.74) is 0.565. The summed E-state index contributed by atoms with van der Waals surface area (Å²) in [5, 5.41) is 0. The molecule has 1 atom stereocenters. The van der Waals surface area contributed by atoms with E-state index in [1.54, 1.807) is 0 Å². The maximum Gasteiger partial charge on any atom is -0.0357 e. The molecule has 0 aliphatic rings. The van der Waals surface area contributed by atoms with E-state index in [-0.39, 0.29) is 0 Å². The van der Waals surface area contributed by atoms with Crippen LogP contribution in [0.1, 0.15) is 73.6 Å². The van der Waals surface area contributed by atoms with E-state index in [0.717, 1.165) is 11.8 Å². The Bertz CT molecular complexity index is 133. The highest BCUT2D eigenvalue weighted by atomic mass is 14.2. The van der Waals surface area contributed by atoms with Gasteiger partial charge >= 0.3 is 0 Å². The first-order chi connectivity index (χ1) is 6.43. The van der Waals surface area contributed by atoms with Crippen LogP contribution in [0.4, 0.5) is 0 Å². The highest BCUT2D eigenvalue weighted by molar-refractivity contribution is 4.68. The van der Waals surface area contributed by atoms with Gasteiger partial charge in [-0.25, -0.2) is 0 Å². The van der Waals surface area contributed by atoms with Crippen LogP contribution in [0.25, 0.3) is 0 Å². The van der Waals surface area contributed by atoms with Gasteiger partial charge in [0.15, 0.2) is 0 Å². The second kappa shape index (κ2) is 6.48. The van der Waals surface area contributed by atoms with Crippen LogP contribution in [-0.2, 0) is 0 Å². The fraction of sp³-hybridized carbons (Fsp3) is 1.00. The smallest absolute Gasteiger partial charge is 0.0357 e. The summed E-state index contributed by atoms with van der Waals surface area (Å²) >= 11 is 0. The molecular formula is C14H30. The van der Waals surface area contributed by atoms with Crippen molar-refractivity contribution in [3.8, 4) is 0 Å². The molecule has 0 bridgehead atoms. The summed E-state index contributed by atoms with van der Waals surface area (Å²) in [6.07, 6.45) is 6.90. The summed E-state index contributed by atoms with van der Waals surface area (Å²) in [5.74, 6) is 1.81. The zero-order valence-electron chi connectivity index (χ0n) is 11.2. The van der Waals surface area contributed by atoms with Crippen molar-refractivity contribution in [2.75, 3.05) is 0 Å². The van der Waals surface area contributed by atoms with Crippen molar-refractivity contribution in [2.45, 2.75) is 73.6 Å². The molecule has 0 aromatic carbocycles. The predicted octanol–water partition coefficient (Wildman–Crippen LogP) is 5.28. The van der Waals surface area contributed by atoms with E-state index in [1.165, 1.54) is 32.1 Å². The van der Waals surface area contributed by atoms with Crippen molar-refractivity contribution in [1.29, 1.82) is 0 Å². The van der Waals surface area contributed by atoms with E-state index >= 15 is 0 Å². The molecule has 1 unspecified atom stereocenters. The minimum atomic E-state index is 0.565. The predicted molar refractivity (Wildman–Crippen MR) is 66.5 cm³/mol. The van der Waals surface area contributed by atoms with Crippen molar-refractivity contribution < 1.29 is 0 Å². The molecule has 0 aliphatic carbocycles. The molecule has 0 saturated heterocycles. The third-order valence-corrected chi connectivity index (χ3v) is 3.85. The monoisotopic (exact) mass is 198 g/mol. The van der Waals surface area contributed by atoms with Crippen molar-refractivity contribution in [3.05, 3.63) is 0 Å². The van der Waals surface area contributed by atoms with Crippen molar-refractivity contribution in [1.82, 2.24) is 0 Å². The minimum Gasteiger partial charge on any atom is -0.0651 e. The van der Waals surface area contributed by atoms with Gasteiger partial charge in [0.1, 0.15) is 0 Å². The third kappa shape index (κ3) is 5.67. The second-order valence-electron chi connectivity index (χ2n) is 5.82. The summed E-state index contributed by atoms with van der Waals surface area (Å²) in [7, 11) is 0. The summed E-state index contributed by atoms with van der Waals surface area (Å²) < 4.78 is 0. The van der Waals surface area contributed by atoms with E-state index in [2.05, 4.69) is 41.5 Å². The maximum absolute atomic E-state index is 2.39. The Hall–Kier alpha value is 0. The average molecular weight is 198 g/mol. The molecule has 0 spiro atoms. The summed E-state index contributed by atoms with van der Waals surface area (Å²) in [6, 6.07) is 0. The summed E-state index contributed by atoms with van der Waals surface area (Å²) in [6.45, 7) is 14.1. The fourth-order valence-corrected chi connectivity index (χ4v) is 2.03. The topological polar surface area (TPSA) is 0 Å². The van der Waals surface area contributed by atoms with Crippen molar-refractivity contribution in [2.24, 2.45) is 17.3 Å². The lowest BCUT2D eigenvalue weighted by Crippen LogP contribution is -2.12. The molecule has 0 heteroatoms. The molecule has 0 aliphatic heterocycles. The van der Waals surface area contributed by atoms with Gasteiger partial charge in [0.2, 0.25) is 0 Å². The summed E-state index contributed by atoms with van der Waals surface area (Å²) in [4.78, 5) is 0. The normalized spacial score (nSPS) is 14.8. The Morgan fingerprint density at radius 2 is 1.64 bits per heavy atom. The quantitative estimate of drug-likeness (QED) is 0.522. The lowest BCUT2D eigenvalue weighted by molar-refractivity contribution is 0.273. The number of rotatable bonds is 7. The molecule has 0 fully saturated rings. The molecule has 0 aromatic heterocycles. The van der Waals surface area contributed by atoms with Crippen LogP contribution in [0.5, 0.6) is 0 Å². The molecule has 0 nitrogen and oxygen atoms in total. The molecule has 86 valence electrons. The molecule has 0 amide bonds. The first-order valence-corrected chi connectivity index (χ1v) is 6.43. The Kier molecular flexibility index (Phi) is 6.48. The Balaban J connectivity index is 3.71. The first kappa shape index (κ1) is 14.0. The van der Waals surface area contributed by atoms with Crippen LogP contribution in [0.15, 0.2) is 0 Å². The highest BCUT2D eigenvalue weighted by Crippen LogP contribution is 2.29. The van der Waals surface area contributed by atoms with Gasteiger partial charge < -0.3 is 0 Å². The molecule has 14 heavy (non-hydrogen) atoms. The van der Waals surface area contributed by atoms with Crippen LogP contribution in [0.3, 0.4) is 0 Å². The molecule has 0 radical (unpaired) electrons. The van der Waals surface area contributed by atoms with Crippen LogP contribution < -0.4 is 0 Å². The molecule has 0 rings (SSSR count). The van der Waals surface area contributed by atoms with Gasteiger partial charge in [0.25, 0.3) is 0 Å². The van der Waals surface area contributed by atoms with E-state index in [4.69, 9.17) is 0 Å². The van der Waals surface area contributed by atoms with Gasteiger partial charge in [-0.05, 0) is 23.7 Å². The average Bonchev–Trinajstić information content (AvgIpc) is 2.12. The standard InChI is InChI=1S/C14H30/c1-7-13(12(3)4)10-9-11-14(5,6)8-2/h12-13H,7-11H2,1-6H3. The SMILES string of the molecule is CCC(CCCC(C)(C)CC)C(C)C. The Morgan fingerprint density at radius 3 is 2.00 bits per heavy atom. The molecule has 0 saturated carbocycles. The third-order valence-electron chi connectivity index (χ3n) is 3.85. The first-order valence-electron chi connectivity index (χ1n) is 6.43. The Labute approximate surface area is 91.5 Å². The van der Waals surface area contributed by atoms with Gasteiger partial charge in [-0.3, -0.25) is 0 Å². The second-order valence-corrected chi connectivity index (χ2v) is 5.82. The van der Waals surface area contributed by atoms with Crippen molar-refractivity contribution in [3.63, 3.8) is 0 Å². The largest absolute Gasteiger partial charge is 0.0651 e. The molecule has 0 aromatic rings. The van der Waals surface area contributed by atoms with Crippen LogP contribution in [-0.4, -0.2) is 0 Å². The van der Waals surface area contributed by atoms with E-state index in [0.29, 0.717) is 5.41 Å². The van der Waals surface area contributed by atoms with E-state index in [9.17, 15) is 0 Å². The van der Waals surface area contributed by atoms with E-state index in [1.807, 2.05) is 0 Å². The maximum atomic E-state index is 2.39.